The number of carbonyl (C=O) groups excluding carboxylic acids is 1. The highest BCUT2D eigenvalue weighted by Gasteiger charge is 2.37. The average molecular weight is 412 g/mol. The number of halogens is 9. The van der Waals surface area contributed by atoms with Crippen molar-refractivity contribution in [3.05, 3.63) is 45.2 Å². The van der Waals surface area contributed by atoms with E-state index in [1.807, 2.05) is 0 Å². The quantitative estimate of drug-likeness (QED) is 0.477. The third-order valence-electron chi connectivity index (χ3n) is 2.76. The lowest BCUT2D eigenvalue weighted by molar-refractivity contribution is -0.141. The minimum absolute atomic E-state index is 0.333. The maximum absolute atomic E-state index is 12.7. The Morgan fingerprint density at radius 3 is 1.83 bits per heavy atom. The molecule has 1 heterocycles. The van der Waals surface area contributed by atoms with Crippen LogP contribution in [-0.4, -0.2) is 15.0 Å². The molecule has 0 spiro atoms. The molecule has 0 bridgehead atoms. The zero-order valence-electron chi connectivity index (χ0n) is 10.9. The predicted octanol–water partition coefficient (Wildman–Crippen LogP) is 5.60. The second kappa shape index (κ2) is 6.12. The molecule has 0 atom stereocenters. The minimum Gasteiger partial charge on any atom is -0.274 e. The molecule has 0 unspecified atom stereocenters. The van der Waals surface area contributed by atoms with Gasteiger partial charge < -0.3 is 0 Å². The van der Waals surface area contributed by atoms with E-state index in [9.17, 15) is 31.1 Å². The maximum Gasteiger partial charge on any atom is 0.435 e. The van der Waals surface area contributed by atoms with Crippen LogP contribution in [0.2, 0.25) is 10.0 Å². The number of aromatic nitrogens is 2. The molecule has 3 nitrogen and oxygen atoms in total. The molecule has 0 N–H and O–H groups in total. The van der Waals surface area contributed by atoms with Gasteiger partial charge in [0.2, 0.25) is 0 Å². The van der Waals surface area contributed by atoms with Gasteiger partial charge in [-0.1, -0.05) is 23.2 Å². The van der Waals surface area contributed by atoms with E-state index >= 15 is 0 Å². The van der Waals surface area contributed by atoms with Gasteiger partial charge in [-0.2, -0.15) is 31.4 Å². The van der Waals surface area contributed by atoms with Gasteiger partial charge in [0, 0.05) is 6.07 Å². The van der Waals surface area contributed by atoms with Crippen LogP contribution < -0.4 is 0 Å². The molecule has 0 saturated carbocycles. The summed E-state index contributed by atoms with van der Waals surface area (Å²) in [5.74, 6) is 0. The Morgan fingerprint density at radius 1 is 0.958 bits per heavy atom. The highest BCUT2D eigenvalue weighted by molar-refractivity contribution is 6.67. The summed E-state index contributed by atoms with van der Waals surface area (Å²) in [6.07, 6.45) is -9.70. The van der Waals surface area contributed by atoms with Crippen LogP contribution in [0.3, 0.4) is 0 Å². The van der Waals surface area contributed by atoms with E-state index < -0.39 is 50.3 Å². The highest BCUT2D eigenvalue weighted by Crippen LogP contribution is 2.39. The molecule has 0 saturated heterocycles. The first-order valence-corrected chi connectivity index (χ1v) is 6.89. The lowest BCUT2D eigenvalue weighted by Gasteiger charge is -2.13. The van der Waals surface area contributed by atoms with E-state index in [0.717, 1.165) is 0 Å². The molecule has 0 fully saturated rings. The number of benzene rings is 1. The van der Waals surface area contributed by atoms with Crippen molar-refractivity contribution in [2.75, 3.05) is 0 Å². The van der Waals surface area contributed by atoms with Crippen LogP contribution in [-0.2, 0) is 12.4 Å². The van der Waals surface area contributed by atoms with Crippen molar-refractivity contribution in [1.29, 1.82) is 0 Å². The van der Waals surface area contributed by atoms with Gasteiger partial charge in [-0.15, -0.1) is 0 Å². The normalized spacial score (nSPS) is 12.5. The highest BCUT2D eigenvalue weighted by atomic mass is 35.5. The van der Waals surface area contributed by atoms with Crippen LogP contribution in [0, 0.1) is 0 Å². The topological polar surface area (TPSA) is 34.9 Å². The van der Waals surface area contributed by atoms with Crippen molar-refractivity contribution in [3.63, 3.8) is 0 Å². The van der Waals surface area contributed by atoms with E-state index in [-0.39, 0.29) is 0 Å². The molecule has 130 valence electrons. The van der Waals surface area contributed by atoms with E-state index in [1.165, 1.54) is 0 Å². The average Bonchev–Trinajstić information content (AvgIpc) is 2.81. The van der Waals surface area contributed by atoms with Gasteiger partial charge >= 0.3 is 12.4 Å². The molecular weight excluding hydrogens is 408 g/mol. The summed E-state index contributed by atoms with van der Waals surface area (Å²) in [4.78, 5) is 11.3. The molecule has 2 rings (SSSR count). The van der Waals surface area contributed by atoms with Crippen molar-refractivity contribution < 1.29 is 31.1 Å². The Hall–Kier alpha value is -1.45. The SMILES string of the molecule is O=C(Cl)c1cc(C(F)(F)F)nn1-c1c(Cl)cc(C(F)(F)F)cc1Cl. The number of hydrogen-bond acceptors (Lipinski definition) is 2. The zero-order valence-corrected chi connectivity index (χ0v) is 13.2. The molecule has 1 aromatic heterocycles. The minimum atomic E-state index is -4.92. The van der Waals surface area contributed by atoms with Gasteiger partial charge in [0.1, 0.15) is 11.4 Å². The Balaban J connectivity index is 2.73. The molecule has 0 amide bonds. The molecule has 0 aliphatic carbocycles. The van der Waals surface area contributed by atoms with Crippen molar-refractivity contribution in [2.45, 2.75) is 12.4 Å². The van der Waals surface area contributed by atoms with Crippen LogP contribution >= 0.6 is 34.8 Å². The second-order valence-corrected chi connectivity index (χ2v) is 5.54. The zero-order chi connectivity index (χ0) is 18.4. The fourth-order valence-electron chi connectivity index (χ4n) is 1.76. The van der Waals surface area contributed by atoms with Gasteiger partial charge in [0.25, 0.3) is 5.24 Å². The number of hydrogen-bond donors (Lipinski definition) is 0. The number of nitrogens with zero attached hydrogens (tertiary/aromatic N) is 2. The first kappa shape index (κ1) is 18.9. The van der Waals surface area contributed by atoms with Gasteiger partial charge in [0.15, 0.2) is 5.69 Å². The van der Waals surface area contributed by atoms with Crippen molar-refractivity contribution in [2.24, 2.45) is 0 Å². The van der Waals surface area contributed by atoms with Gasteiger partial charge in [-0.3, -0.25) is 4.79 Å². The third-order valence-corrected chi connectivity index (χ3v) is 3.53. The summed E-state index contributed by atoms with van der Waals surface area (Å²) in [5.41, 5.74) is -4.00. The van der Waals surface area contributed by atoms with Crippen molar-refractivity contribution >= 4 is 40.0 Å². The van der Waals surface area contributed by atoms with Crippen molar-refractivity contribution in [3.8, 4) is 5.69 Å². The first-order chi connectivity index (χ1) is 10.8. The smallest absolute Gasteiger partial charge is 0.274 e. The summed E-state index contributed by atoms with van der Waals surface area (Å²) in [5, 5.41) is 0.471. The monoisotopic (exact) mass is 410 g/mol. The summed E-state index contributed by atoms with van der Waals surface area (Å²) in [6.45, 7) is 0. The van der Waals surface area contributed by atoms with Crippen LogP contribution in [0.5, 0.6) is 0 Å². The fraction of sp³-hybridized carbons (Fsp3) is 0.167. The summed E-state index contributed by atoms with van der Waals surface area (Å²) >= 11 is 16.6. The van der Waals surface area contributed by atoms with Gasteiger partial charge in [0.05, 0.1) is 15.6 Å². The van der Waals surface area contributed by atoms with Crippen LogP contribution in [0.25, 0.3) is 5.69 Å². The molecule has 0 radical (unpaired) electrons. The molecule has 12 heteroatoms. The number of rotatable bonds is 2. The summed E-state index contributed by atoms with van der Waals surface area (Å²) in [6, 6.07) is 1.22. The molecule has 0 aliphatic heterocycles. The maximum atomic E-state index is 12.7. The third kappa shape index (κ3) is 3.62. The van der Waals surface area contributed by atoms with Gasteiger partial charge in [-0.05, 0) is 23.7 Å². The Bertz CT molecular complexity index is 789. The number of alkyl halides is 6. The van der Waals surface area contributed by atoms with Crippen LogP contribution in [0.4, 0.5) is 26.3 Å². The largest absolute Gasteiger partial charge is 0.435 e. The summed E-state index contributed by atoms with van der Waals surface area (Å²) < 4.78 is 76.6. The Kier molecular flexibility index (Phi) is 4.82. The standard InChI is InChI=1S/C12H3Cl3F6N2O/c13-5-1-4(11(16,17)18)2-6(14)9(5)23-7(10(15)24)3-8(22-23)12(19,20)21/h1-3H. The molecular formula is C12H3Cl3F6N2O. The van der Waals surface area contributed by atoms with E-state index in [4.69, 9.17) is 34.8 Å². The molecule has 1 aromatic carbocycles. The lowest BCUT2D eigenvalue weighted by atomic mass is 10.2. The van der Waals surface area contributed by atoms with Crippen LogP contribution in [0.1, 0.15) is 21.7 Å². The predicted molar refractivity (Wildman–Crippen MR) is 73.8 cm³/mol. The fourth-order valence-corrected chi connectivity index (χ4v) is 2.54. The Labute approximate surface area is 144 Å². The Morgan fingerprint density at radius 2 is 1.46 bits per heavy atom. The number of carbonyl (C=O) groups is 1. The van der Waals surface area contributed by atoms with E-state index in [1.54, 1.807) is 0 Å². The first-order valence-electron chi connectivity index (χ1n) is 5.76. The lowest BCUT2D eigenvalue weighted by Crippen LogP contribution is -2.11. The van der Waals surface area contributed by atoms with Crippen LogP contribution in [0.15, 0.2) is 18.2 Å². The summed E-state index contributed by atoms with van der Waals surface area (Å²) in [7, 11) is 0. The molecule has 0 aliphatic rings. The van der Waals surface area contributed by atoms with E-state index in [0.29, 0.717) is 22.9 Å². The van der Waals surface area contributed by atoms with Gasteiger partial charge in [-0.25, -0.2) is 4.68 Å². The van der Waals surface area contributed by atoms with Crippen molar-refractivity contribution in [1.82, 2.24) is 9.78 Å². The molecule has 24 heavy (non-hydrogen) atoms. The molecule has 2 aromatic rings. The second-order valence-electron chi connectivity index (χ2n) is 4.38. The van der Waals surface area contributed by atoms with E-state index in [2.05, 4.69) is 5.10 Å².